The summed E-state index contributed by atoms with van der Waals surface area (Å²) in [7, 11) is 0. The number of rotatable bonds is 6. The van der Waals surface area contributed by atoms with E-state index in [1.807, 2.05) is 18.2 Å². The van der Waals surface area contributed by atoms with Crippen LogP contribution in [0.25, 0.3) is 11.0 Å². The molecule has 0 aliphatic rings. The molecule has 26 heavy (non-hydrogen) atoms. The first-order chi connectivity index (χ1) is 12.5. The predicted octanol–water partition coefficient (Wildman–Crippen LogP) is 3.42. The summed E-state index contributed by atoms with van der Waals surface area (Å²) in [6.45, 7) is -0.478. The summed E-state index contributed by atoms with van der Waals surface area (Å²) >= 11 is 3.32. The maximum Gasteiger partial charge on any atom is 0.341 e. The second-order valence-electron chi connectivity index (χ2n) is 5.21. The lowest BCUT2D eigenvalue weighted by atomic mass is 10.2. The van der Waals surface area contributed by atoms with Crippen molar-refractivity contribution in [2.45, 2.75) is 0 Å². The Morgan fingerprint density at radius 2 is 2.04 bits per heavy atom. The summed E-state index contributed by atoms with van der Waals surface area (Å²) in [6, 6.07) is 13.9. The van der Waals surface area contributed by atoms with Gasteiger partial charge in [0, 0.05) is 15.4 Å². The van der Waals surface area contributed by atoms with Crippen LogP contribution in [0.2, 0.25) is 0 Å². The van der Waals surface area contributed by atoms with E-state index in [0.29, 0.717) is 16.9 Å². The Morgan fingerprint density at radius 3 is 2.81 bits per heavy atom. The molecule has 3 aromatic rings. The molecule has 1 amide bonds. The van der Waals surface area contributed by atoms with Crippen LogP contribution in [0.5, 0.6) is 5.75 Å². The number of hydrazone groups is 1. The standard InChI is InChI=1S/C18H13BrN2O5/c19-13-5-6-14(25-10-17(22)23)12(7-13)9-20-21-18(24)16-8-11-3-1-2-4-15(11)26-16/h1-9H,10H2,(H,21,24)(H,22,23)/b20-9+. The van der Waals surface area contributed by atoms with Crippen molar-refractivity contribution >= 4 is 45.0 Å². The number of carbonyl (C=O) groups is 2. The molecule has 0 aliphatic carbocycles. The molecule has 2 aromatic carbocycles. The molecule has 0 saturated carbocycles. The highest BCUT2D eigenvalue weighted by Gasteiger charge is 2.11. The van der Waals surface area contributed by atoms with E-state index in [1.165, 1.54) is 6.21 Å². The molecule has 0 atom stereocenters. The van der Waals surface area contributed by atoms with Gasteiger partial charge in [0.2, 0.25) is 0 Å². The number of para-hydroxylation sites is 1. The van der Waals surface area contributed by atoms with Crippen molar-refractivity contribution in [1.29, 1.82) is 0 Å². The molecule has 8 heteroatoms. The van der Waals surface area contributed by atoms with Crippen LogP contribution >= 0.6 is 15.9 Å². The maximum absolute atomic E-state index is 12.1. The van der Waals surface area contributed by atoms with Gasteiger partial charge < -0.3 is 14.3 Å². The predicted molar refractivity (Wildman–Crippen MR) is 98.5 cm³/mol. The minimum Gasteiger partial charge on any atom is -0.481 e. The second-order valence-corrected chi connectivity index (χ2v) is 6.13. The van der Waals surface area contributed by atoms with Crippen molar-refractivity contribution in [1.82, 2.24) is 5.43 Å². The smallest absolute Gasteiger partial charge is 0.341 e. The molecule has 3 rings (SSSR count). The van der Waals surface area contributed by atoms with Crippen molar-refractivity contribution in [2.75, 3.05) is 6.61 Å². The number of nitrogens with zero attached hydrogens (tertiary/aromatic N) is 1. The lowest BCUT2D eigenvalue weighted by molar-refractivity contribution is -0.139. The highest BCUT2D eigenvalue weighted by atomic mass is 79.9. The van der Waals surface area contributed by atoms with Crippen LogP contribution in [0.3, 0.4) is 0 Å². The van der Waals surface area contributed by atoms with Gasteiger partial charge in [0.15, 0.2) is 12.4 Å². The SMILES string of the molecule is O=C(O)COc1ccc(Br)cc1/C=N/NC(=O)c1cc2ccccc2o1. The molecule has 0 aliphatic heterocycles. The minimum atomic E-state index is -1.09. The number of carbonyl (C=O) groups excluding carboxylic acids is 1. The molecule has 0 radical (unpaired) electrons. The van der Waals surface area contributed by atoms with Gasteiger partial charge in [-0.1, -0.05) is 34.1 Å². The summed E-state index contributed by atoms with van der Waals surface area (Å²) in [4.78, 5) is 22.8. The molecule has 2 N–H and O–H groups in total. The third-order valence-electron chi connectivity index (χ3n) is 3.34. The van der Waals surface area contributed by atoms with Gasteiger partial charge in [0.05, 0.1) is 6.21 Å². The topological polar surface area (TPSA) is 101 Å². The first kappa shape index (κ1) is 17.7. The fourth-order valence-electron chi connectivity index (χ4n) is 2.20. The van der Waals surface area contributed by atoms with E-state index < -0.39 is 18.5 Å². The first-order valence-electron chi connectivity index (χ1n) is 7.49. The highest BCUT2D eigenvalue weighted by Crippen LogP contribution is 2.22. The van der Waals surface area contributed by atoms with Crippen LogP contribution in [0, 0.1) is 0 Å². The fourth-order valence-corrected chi connectivity index (χ4v) is 2.58. The van der Waals surface area contributed by atoms with E-state index >= 15 is 0 Å². The Labute approximate surface area is 156 Å². The fraction of sp³-hybridized carbons (Fsp3) is 0.0556. The zero-order chi connectivity index (χ0) is 18.5. The summed E-state index contributed by atoms with van der Waals surface area (Å²) in [5.74, 6) is -1.12. The van der Waals surface area contributed by atoms with Gasteiger partial charge in [-0.2, -0.15) is 5.10 Å². The summed E-state index contributed by atoms with van der Waals surface area (Å²) in [6.07, 6.45) is 1.36. The van der Waals surface area contributed by atoms with Gasteiger partial charge in [-0.15, -0.1) is 0 Å². The lowest BCUT2D eigenvalue weighted by Gasteiger charge is -2.07. The monoisotopic (exact) mass is 416 g/mol. The molecular formula is C18H13BrN2O5. The number of carboxylic acids is 1. The van der Waals surface area contributed by atoms with Crippen LogP contribution in [0.15, 0.2) is 62.5 Å². The Morgan fingerprint density at radius 1 is 1.23 bits per heavy atom. The average Bonchev–Trinajstić information content (AvgIpc) is 3.05. The quantitative estimate of drug-likeness (QED) is 0.473. The number of nitrogens with one attached hydrogen (secondary N) is 1. The van der Waals surface area contributed by atoms with Gasteiger partial charge in [-0.3, -0.25) is 4.79 Å². The number of hydrogen-bond donors (Lipinski definition) is 2. The van der Waals surface area contributed by atoms with E-state index in [1.54, 1.807) is 30.3 Å². The van der Waals surface area contributed by atoms with E-state index in [9.17, 15) is 9.59 Å². The third kappa shape index (κ3) is 4.28. The highest BCUT2D eigenvalue weighted by molar-refractivity contribution is 9.10. The molecule has 1 heterocycles. The van der Waals surface area contributed by atoms with Gasteiger partial charge >= 0.3 is 11.9 Å². The minimum absolute atomic E-state index is 0.139. The molecule has 132 valence electrons. The van der Waals surface area contributed by atoms with Crippen LogP contribution < -0.4 is 10.2 Å². The normalized spacial score (nSPS) is 11.0. The summed E-state index contributed by atoms with van der Waals surface area (Å²) in [5.41, 5.74) is 3.48. The number of halogens is 1. The number of fused-ring (bicyclic) bond motifs is 1. The molecule has 0 spiro atoms. The van der Waals surface area contributed by atoms with Crippen LogP contribution in [-0.4, -0.2) is 29.8 Å². The number of ether oxygens (including phenoxy) is 1. The Balaban J connectivity index is 1.72. The van der Waals surface area contributed by atoms with Crippen molar-refractivity contribution in [2.24, 2.45) is 5.10 Å². The number of furan rings is 1. The molecule has 0 unspecified atom stereocenters. The number of carboxylic acid groups (broad SMARTS) is 1. The second kappa shape index (κ2) is 7.83. The zero-order valence-electron chi connectivity index (χ0n) is 13.3. The Bertz CT molecular complexity index is 963. The van der Waals surface area contributed by atoms with E-state index in [2.05, 4.69) is 26.5 Å². The van der Waals surface area contributed by atoms with Gasteiger partial charge in [0.1, 0.15) is 11.3 Å². The number of aliphatic carboxylic acids is 1. The molecule has 0 saturated heterocycles. The number of amides is 1. The molecule has 0 fully saturated rings. The van der Waals surface area contributed by atoms with Crippen LogP contribution in [0.4, 0.5) is 0 Å². The maximum atomic E-state index is 12.1. The largest absolute Gasteiger partial charge is 0.481 e. The van der Waals surface area contributed by atoms with Crippen molar-refractivity contribution in [3.05, 3.63) is 64.3 Å². The molecule has 1 aromatic heterocycles. The average molecular weight is 417 g/mol. The summed E-state index contributed by atoms with van der Waals surface area (Å²) < 4.78 is 11.4. The lowest BCUT2D eigenvalue weighted by Crippen LogP contribution is -2.17. The molecular weight excluding hydrogens is 404 g/mol. The van der Waals surface area contributed by atoms with Crippen LogP contribution in [-0.2, 0) is 4.79 Å². The first-order valence-corrected chi connectivity index (χ1v) is 8.28. The van der Waals surface area contributed by atoms with Crippen molar-refractivity contribution in [3.63, 3.8) is 0 Å². The van der Waals surface area contributed by atoms with Gasteiger partial charge in [-0.05, 0) is 30.3 Å². The van der Waals surface area contributed by atoms with E-state index in [4.69, 9.17) is 14.3 Å². The summed E-state index contributed by atoms with van der Waals surface area (Å²) in [5, 5.41) is 13.4. The van der Waals surface area contributed by atoms with Crippen molar-refractivity contribution in [3.8, 4) is 5.75 Å². The van der Waals surface area contributed by atoms with Gasteiger partial charge in [0.25, 0.3) is 0 Å². The Kier molecular flexibility index (Phi) is 5.33. The molecule has 0 bridgehead atoms. The van der Waals surface area contributed by atoms with E-state index in [0.717, 1.165) is 9.86 Å². The molecule has 7 nitrogen and oxygen atoms in total. The number of hydrogen-bond acceptors (Lipinski definition) is 5. The number of benzene rings is 2. The zero-order valence-corrected chi connectivity index (χ0v) is 14.9. The van der Waals surface area contributed by atoms with Crippen LogP contribution in [0.1, 0.15) is 16.1 Å². The van der Waals surface area contributed by atoms with E-state index in [-0.39, 0.29) is 5.76 Å². The third-order valence-corrected chi connectivity index (χ3v) is 3.84. The Hall–Kier alpha value is -3.13. The van der Waals surface area contributed by atoms with Gasteiger partial charge in [-0.25, -0.2) is 10.2 Å². The van der Waals surface area contributed by atoms with Crippen molar-refractivity contribution < 1.29 is 23.8 Å².